The zero-order chi connectivity index (χ0) is 17.6. The molecule has 7 nitrogen and oxygen atoms in total. The number of amides is 1. The van der Waals surface area contributed by atoms with Gasteiger partial charge in [-0.3, -0.25) is 9.48 Å². The van der Waals surface area contributed by atoms with E-state index in [0.29, 0.717) is 6.42 Å². The van der Waals surface area contributed by atoms with E-state index < -0.39 is 0 Å². The summed E-state index contributed by atoms with van der Waals surface area (Å²) in [6.45, 7) is 2.04. The van der Waals surface area contributed by atoms with Gasteiger partial charge < -0.3 is 10.2 Å². The second-order valence-electron chi connectivity index (χ2n) is 7.07. The third kappa shape index (κ3) is 2.67. The van der Waals surface area contributed by atoms with Crippen molar-refractivity contribution in [2.45, 2.75) is 51.1 Å². The second-order valence-corrected chi connectivity index (χ2v) is 7.07. The van der Waals surface area contributed by atoms with Crippen LogP contribution in [0, 0.1) is 6.92 Å². The molecule has 1 aliphatic heterocycles. The summed E-state index contributed by atoms with van der Waals surface area (Å²) in [6, 6.07) is -0.0447. The fourth-order valence-electron chi connectivity index (χ4n) is 4.05. The number of hydrogen-bond donors (Lipinski definition) is 1. The Morgan fingerprint density at radius 3 is 2.76 bits per heavy atom. The molecule has 2 aliphatic rings. The van der Waals surface area contributed by atoms with E-state index in [-0.39, 0.29) is 18.0 Å². The number of aromatic nitrogens is 4. The van der Waals surface area contributed by atoms with Crippen molar-refractivity contribution in [3.05, 3.63) is 35.0 Å². The predicted octanol–water partition coefficient (Wildman–Crippen LogP) is 1.78. The zero-order valence-electron chi connectivity index (χ0n) is 15.0. The Kier molecular flexibility index (Phi) is 3.94. The molecule has 1 fully saturated rings. The number of rotatable bonds is 3. The number of likely N-dealkylation sites (tertiary alicyclic amines) is 1. The maximum Gasteiger partial charge on any atom is 0.225 e. The van der Waals surface area contributed by atoms with E-state index in [2.05, 4.69) is 20.4 Å². The SMILES string of the molecule is Cc1c([C@H]2[C@H](Nc3ncnc4c3CCCC4)CC(=O)N2C)cnn1C. The molecule has 1 N–H and O–H groups in total. The van der Waals surface area contributed by atoms with Gasteiger partial charge in [-0.1, -0.05) is 0 Å². The topological polar surface area (TPSA) is 75.9 Å². The highest BCUT2D eigenvalue weighted by molar-refractivity contribution is 5.81. The molecule has 2 aromatic heterocycles. The Labute approximate surface area is 147 Å². The molecule has 4 rings (SSSR count). The van der Waals surface area contributed by atoms with E-state index >= 15 is 0 Å². The van der Waals surface area contributed by atoms with E-state index in [0.717, 1.165) is 35.6 Å². The molecule has 2 atom stereocenters. The van der Waals surface area contributed by atoms with Crippen LogP contribution in [0.15, 0.2) is 12.5 Å². The van der Waals surface area contributed by atoms with Gasteiger partial charge in [0.2, 0.25) is 5.91 Å². The Hall–Kier alpha value is -2.44. The largest absolute Gasteiger partial charge is 0.364 e. The fourth-order valence-corrected chi connectivity index (χ4v) is 4.05. The quantitative estimate of drug-likeness (QED) is 0.922. The van der Waals surface area contributed by atoms with Gasteiger partial charge in [0, 0.05) is 43.0 Å². The fraction of sp³-hybridized carbons (Fsp3) is 0.556. The first-order valence-electron chi connectivity index (χ1n) is 8.89. The lowest BCUT2D eigenvalue weighted by Gasteiger charge is -2.27. The number of fused-ring (bicyclic) bond motifs is 1. The van der Waals surface area contributed by atoms with Crippen LogP contribution < -0.4 is 5.32 Å². The summed E-state index contributed by atoms with van der Waals surface area (Å²) < 4.78 is 1.86. The van der Waals surface area contributed by atoms with Crippen LogP contribution in [-0.2, 0) is 24.7 Å². The summed E-state index contributed by atoms with van der Waals surface area (Å²) in [6.07, 6.45) is 8.35. The van der Waals surface area contributed by atoms with Gasteiger partial charge in [-0.25, -0.2) is 9.97 Å². The standard InChI is InChI=1S/C18H24N6O/c1-11-13(9-21-24(11)3)17-15(8-16(25)23(17)2)22-18-12-6-4-5-7-14(12)19-10-20-18/h9-10,15,17H,4-8H2,1-3H3,(H,19,20,22)/t15-,17+/m1/s1. The first-order chi connectivity index (χ1) is 12.1. The number of carbonyl (C=O) groups is 1. The van der Waals surface area contributed by atoms with E-state index in [1.807, 2.05) is 36.8 Å². The molecule has 0 radical (unpaired) electrons. The Morgan fingerprint density at radius 2 is 2.00 bits per heavy atom. The summed E-state index contributed by atoms with van der Waals surface area (Å²) in [4.78, 5) is 23.1. The maximum absolute atomic E-state index is 12.4. The molecule has 1 aliphatic carbocycles. The average Bonchev–Trinajstić information content (AvgIpc) is 3.08. The highest BCUT2D eigenvalue weighted by Crippen LogP contribution is 2.36. The third-order valence-electron chi connectivity index (χ3n) is 5.63. The van der Waals surface area contributed by atoms with Crippen molar-refractivity contribution in [3.63, 3.8) is 0 Å². The van der Waals surface area contributed by atoms with Gasteiger partial charge >= 0.3 is 0 Å². The molecule has 0 aromatic carbocycles. The molecule has 2 aromatic rings. The summed E-state index contributed by atoms with van der Waals surface area (Å²) >= 11 is 0. The van der Waals surface area contributed by atoms with Crippen LogP contribution in [0.3, 0.4) is 0 Å². The molecular formula is C18H24N6O. The highest BCUT2D eigenvalue weighted by atomic mass is 16.2. The van der Waals surface area contributed by atoms with Crippen molar-refractivity contribution in [1.29, 1.82) is 0 Å². The van der Waals surface area contributed by atoms with Gasteiger partial charge in [0.05, 0.1) is 18.3 Å². The first kappa shape index (κ1) is 16.1. The summed E-state index contributed by atoms with van der Waals surface area (Å²) in [7, 11) is 3.80. The van der Waals surface area contributed by atoms with E-state index in [4.69, 9.17) is 0 Å². The van der Waals surface area contributed by atoms with Gasteiger partial charge in [0.1, 0.15) is 12.1 Å². The molecule has 1 saturated heterocycles. The normalized spacial score (nSPS) is 23.0. The molecule has 0 bridgehead atoms. The number of nitrogens with one attached hydrogen (secondary N) is 1. The lowest BCUT2D eigenvalue weighted by molar-refractivity contribution is -0.127. The lowest BCUT2D eigenvalue weighted by Crippen LogP contribution is -2.31. The third-order valence-corrected chi connectivity index (χ3v) is 5.63. The number of carbonyl (C=O) groups excluding carboxylic acids is 1. The molecule has 25 heavy (non-hydrogen) atoms. The van der Waals surface area contributed by atoms with Gasteiger partial charge in [-0.05, 0) is 32.6 Å². The monoisotopic (exact) mass is 340 g/mol. The van der Waals surface area contributed by atoms with Gasteiger partial charge in [0.15, 0.2) is 0 Å². The highest BCUT2D eigenvalue weighted by Gasteiger charge is 2.40. The van der Waals surface area contributed by atoms with Crippen molar-refractivity contribution < 1.29 is 4.79 Å². The maximum atomic E-state index is 12.4. The Morgan fingerprint density at radius 1 is 1.20 bits per heavy atom. The molecule has 0 saturated carbocycles. The Bertz CT molecular complexity index is 814. The first-order valence-corrected chi connectivity index (χ1v) is 8.89. The van der Waals surface area contributed by atoms with Crippen LogP contribution >= 0.6 is 0 Å². The van der Waals surface area contributed by atoms with Crippen molar-refractivity contribution in [2.24, 2.45) is 7.05 Å². The second kappa shape index (κ2) is 6.13. The van der Waals surface area contributed by atoms with Gasteiger partial charge in [0.25, 0.3) is 0 Å². The van der Waals surface area contributed by atoms with E-state index in [1.54, 1.807) is 6.33 Å². The lowest BCUT2D eigenvalue weighted by atomic mass is 9.95. The summed E-state index contributed by atoms with van der Waals surface area (Å²) in [5.74, 6) is 1.04. The minimum Gasteiger partial charge on any atom is -0.364 e. The van der Waals surface area contributed by atoms with Crippen LogP contribution in [0.25, 0.3) is 0 Å². The Balaban J connectivity index is 1.67. The molecular weight excluding hydrogens is 316 g/mol. The van der Waals surface area contributed by atoms with Gasteiger partial charge in [-0.15, -0.1) is 0 Å². The smallest absolute Gasteiger partial charge is 0.225 e. The van der Waals surface area contributed by atoms with Crippen molar-refractivity contribution in [1.82, 2.24) is 24.6 Å². The van der Waals surface area contributed by atoms with Crippen LogP contribution in [0.5, 0.6) is 0 Å². The molecule has 0 unspecified atom stereocenters. The van der Waals surface area contributed by atoms with E-state index in [9.17, 15) is 4.79 Å². The van der Waals surface area contributed by atoms with Crippen LogP contribution in [0.1, 0.15) is 47.8 Å². The zero-order valence-corrected chi connectivity index (χ0v) is 15.0. The van der Waals surface area contributed by atoms with Crippen molar-refractivity contribution in [2.75, 3.05) is 12.4 Å². The number of anilines is 1. The molecule has 1 amide bonds. The molecule has 7 heteroatoms. The minimum absolute atomic E-state index is 0.0127. The number of likely N-dealkylation sites (N-methyl/N-ethyl adjacent to an activating group) is 1. The van der Waals surface area contributed by atoms with Crippen molar-refractivity contribution in [3.8, 4) is 0 Å². The average molecular weight is 340 g/mol. The van der Waals surface area contributed by atoms with E-state index in [1.165, 1.54) is 18.4 Å². The number of hydrogen-bond acceptors (Lipinski definition) is 5. The summed E-state index contributed by atoms with van der Waals surface area (Å²) in [5, 5.41) is 7.92. The number of aryl methyl sites for hydroxylation is 2. The summed E-state index contributed by atoms with van der Waals surface area (Å²) in [5.41, 5.74) is 4.55. The van der Waals surface area contributed by atoms with Crippen LogP contribution in [0.2, 0.25) is 0 Å². The van der Waals surface area contributed by atoms with Crippen LogP contribution in [0.4, 0.5) is 5.82 Å². The van der Waals surface area contributed by atoms with Crippen LogP contribution in [-0.4, -0.2) is 43.6 Å². The molecule has 0 spiro atoms. The molecule has 132 valence electrons. The predicted molar refractivity (Wildman–Crippen MR) is 94.2 cm³/mol. The molecule has 3 heterocycles. The van der Waals surface area contributed by atoms with Gasteiger partial charge in [-0.2, -0.15) is 5.10 Å². The van der Waals surface area contributed by atoms with Crippen molar-refractivity contribution >= 4 is 11.7 Å². The minimum atomic E-state index is -0.0320. The number of nitrogens with zero attached hydrogens (tertiary/aromatic N) is 5.